The van der Waals surface area contributed by atoms with Gasteiger partial charge in [-0.05, 0) is 25.8 Å². The van der Waals surface area contributed by atoms with E-state index in [1.165, 1.54) is 0 Å². The zero-order valence-corrected chi connectivity index (χ0v) is 13.5. The van der Waals surface area contributed by atoms with E-state index in [1.54, 1.807) is 13.8 Å². The summed E-state index contributed by atoms with van der Waals surface area (Å²) < 4.78 is 4.83. The molecule has 0 saturated heterocycles. The van der Waals surface area contributed by atoms with Gasteiger partial charge in [0.1, 0.15) is 5.60 Å². The highest BCUT2D eigenvalue weighted by Crippen LogP contribution is 2.24. The summed E-state index contributed by atoms with van der Waals surface area (Å²) in [4.78, 5) is 32.7. The summed E-state index contributed by atoms with van der Waals surface area (Å²) >= 11 is 0. The van der Waals surface area contributed by atoms with Crippen molar-refractivity contribution in [3.05, 3.63) is 35.9 Å². The molecule has 5 nitrogen and oxygen atoms in total. The fraction of sp³-hybridized carbons (Fsp3) is 0.529. The van der Waals surface area contributed by atoms with Crippen LogP contribution in [-0.2, 0) is 29.7 Å². The molecule has 0 bridgehead atoms. The number of unbranched alkanes of at least 4 members (excludes halogenated alkanes) is 3. The third-order valence-corrected chi connectivity index (χ3v) is 3.19. The first-order valence-electron chi connectivity index (χ1n) is 7.59. The second-order valence-corrected chi connectivity index (χ2v) is 5.53. The number of carbonyl (C=O) groups excluding carboxylic acids is 2. The molecule has 0 aromatic heterocycles. The summed E-state index contributed by atoms with van der Waals surface area (Å²) in [5.74, 6) is -2.17. The van der Waals surface area contributed by atoms with Crippen molar-refractivity contribution in [1.82, 2.24) is 0 Å². The third-order valence-electron chi connectivity index (χ3n) is 3.19. The van der Waals surface area contributed by atoms with Gasteiger partial charge in [0.25, 0.3) is 0 Å². The van der Waals surface area contributed by atoms with Gasteiger partial charge in [0.05, 0.1) is 6.61 Å². The Morgan fingerprint density at radius 3 is 2.32 bits per heavy atom. The lowest BCUT2D eigenvalue weighted by Crippen LogP contribution is -2.28. The number of esters is 1. The molecule has 0 amide bonds. The van der Waals surface area contributed by atoms with Crippen LogP contribution in [0, 0.1) is 0 Å². The molecule has 0 unspecified atom stereocenters. The van der Waals surface area contributed by atoms with E-state index in [-0.39, 0.29) is 6.61 Å². The van der Waals surface area contributed by atoms with E-state index in [9.17, 15) is 9.59 Å². The van der Waals surface area contributed by atoms with Crippen molar-refractivity contribution < 1.29 is 24.1 Å². The van der Waals surface area contributed by atoms with E-state index >= 15 is 0 Å². The summed E-state index contributed by atoms with van der Waals surface area (Å²) in [6.07, 6.45) is 3.88. The van der Waals surface area contributed by atoms with E-state index in [2.05, 4.69) is 11.8 Å². The Kier molecular flexibility index (Phi) is 7.60. The van der Waals surface area contributed by atoms with E-state index in [0.717, 1.165) is 31.2 Å². The molecule has 0 aliphatic rings. The number of rotatable bonds is 8. The highest BCUT2D eigenvalue weighted by Gasteiger charge is 2.27. The lowest BCUT2D eigenvalue weighted by atomic mass is 9.99. The van der Waals surface area contributed by atoms with Crippen LogP contribution in [0.2, 0.25) is 0 Å². The van der Waals surface area contributed by atoms with Crippen LogP contribution in [-0.4, -0.2) is 18.5 Å². The molecular formula is C17H24O5. The maximum absolute atomic E-state index is 11.5. The van der Waals surface area contributed by atoms with Crippen molar-refractivity contribution in [2.24, 2.45) is 0 Å². The lowest BCUT2D eigenvalue weighted by Gasteiger charge is -2.22. The molecule has 0 saturated carbocycles. The molecule has 0 spiro atoms. The predicted octanol–water partition coefficient (Wildman–Crippen LogP) is 3.52. The first kappa shape index (κ1) is 18.2. The van der Waals surface area contributed by atoms with E-state index in [1.807, 2.05) is 30.3 Å². The van der Waals surface area contributed by atoms with Gasteiger partial charge < -0.3 is 4.74 Å². The molecule has 122 valence electrons. The van der Waals surface area contributed by atoms with Gasteiger partial charge in [-0.1, -0.05) is 56.5 Å². The molecule has 0 radical (unpaired) electrons. The Bertz CT molecular complexity index is 467. The minimum Gasteiger partial charge on any atom is -0.457 e. The average Bonchev–Trinajstić information content (AvgIpc) is 2.53. The first-order valence-corrected chi connectivity index (χ1v) is 7.59. The van der Waals surface area contributed by atoms with Crippen LogP contribution in [0.5, 0.6) is 0 Å². The van der Waals surface area contributed by atoms with Gasteiger partial charge in [-0.15, -0.1) is 0 Å². The summed E-state index contributed by atoms with van der Waals surface area (Å²) in [5.41, 5.74) is -0.0195. The van der Waals surface area contributed by atoms with Crippen LogP contribution in [0.4, 0.5) is 0 Å². The number of ether oxygens (including phenoxy) is 1. The van der Waals surface area contributed by atoms with Gasteiger partial charge in [-0.3, -0.25) is 4.89 Å². The Hall–Kier alpha value is -1.88. The molecular weight excluding hydrogens is 284 g/mol. The van der Waals surface area contributed by atoms with Gasteiger partial charge >= 0.3 is 11.9 Å². The molecule has 22 heavy (non-hydrogen) atoms. The highest BCUT2D eigenvalue weighted by molar-refractivity contribution is 6.29. The Morgan fingerprint density at radius 2 is 1.68 bits per heavy atom. The number of carbonyl (C=O) groups is 2. The Labute approximate surface area is 131 Å². The van der Waals surface area contributed by atoms with Gasteiger partial charge in [0.15, 0.2) is 0 Å². The van der Waals surface area contributed by atoms with Crippen LogP contribution >= 0.6 is 0 Å². The Balaban J connectivity index is 2.34. The minimum atomic E-state index is -1.14. The van der Waals surface area contributed by atoms with Crippen LogP contribution in [0.3, 0.4) is 0 Å². The van der Waals surface area contributed by atoms with E-state index < -0.39 is 17.5 Å². The molecule has 5 heteroatoms. The SMILES string of the molecule is CCCCCCOC(=O)C(=O)OOC(C)(C)c1ccccc1. The van der Waals surface area contributed by atoms with Crippen LogP contribution in [0.25, 0.3) is 0 Å². The standard InChI is InChI=1S/C17H24O5/c1-4-5-6-10-13-20-15(18)16(19)21-22-17(2,3)14-11-8-7-9-12-14/h7-9,11-12H,4-6,10,13H2,1-3H3. The summed E-state index contributed by atoms with van der Waals surface area (Å²) in [7, 11) is 0. The maximum Gasteiger partial charge on any atom is 0.449 e. The molecule has 0 N–H and O–H groups in total. The Morgan fingerprint density at radius 1 is 1.00 bits per heavy atom. The fourth-order valence-electron chi connectivity index (χ4n) is 1.82. The molecule has 1 rings (SSSR count). The molecule has 1 aromatic rings. The lowest BCUT2D eigenvalue weighted by molar-refractivity contribution is -0.328. The molecule has 0 fully saturated rings. The third kappa shape index (κ3) is 6.26. The molecule has 0 heterocycles. The molecule has 1 aromatic carbocycles. The molecule has 0 aliphatic carbocycles. The van der Waals surface area contributed by atoms with Crippen molar-refractivity contribution in [2.75, 3.05) is 6.61 Å². The second-order valence-electron chi connectivity index (χ2n) is 5.53. The monoisotopic (exact) mass is 308 g/mol. The zero-order valence-electron chi connectivity index (χ0n) is 13.5. The van der Waals surface area contributed by atoms with Gasteiger partial charge in [0, 0.05) is 0 Å². The fourth-order valence-corrected chi connectivity index (χ4v) is 1.82. The van der Waals surface area contributed by atoms with Crippen molar-refractivity contribution in [2.45, 2.75) is 52.1 Å². The van der Waals surface area contributed by atoms with Crippen molar-refractivity contribution >= 4 is 11.9 Å². The number of hydrogen-bond donors (Lipinski definition) is 0. The largest absolute Gasteiger partial charge is 0.457 e. The molecule has 0 aliphatic heterocycles. The van der Waals surface area contributed by atoms with Gasteiger partial charge in [0.2, 0.25) is 0 Å². The number of benzene rings is 1. The van der Waals surface area contributed by atoms with Crippen LogP contribution in [0.15, 0.2) is 30.3 Å². The van der Waals surface area contributed by atoms with Crippen LogP contribution in [0.1, 0.15) is 52.0 Å². The van der Waals surface area contributed by atoms with E-state index in [4.69, 9.17) is 9.62 Å². The normalized spacial score (nSPS) is 11.0. The zero-order chi connectivity index (χ0) is 16.4. The quantitative estimate of drug-likeness (QED) is 0.242. The summed E-state index contributed by atoms with van der Waals surface area (Å²) in [6, 6.07) is 9.28. The smallest absolute Gasteiger partial charge is 0.449 e. The molecule has 0 atom stereocenters. The maximum atomic E-state index is 11.5. The van der Waals surface area contributed by atoms with Crippen molar-refractivity contribution in [3.8, 4) is 0 Å². The average molecular weight is 308 g/mol. The van der Waals surface area contributed by atoms with Crippen molar-refractivity contribution in [1.29, 1.82) is 0 Å². The minimum absolute atomic E-state index is 0.218. The van der Waals surface area contributed by atoms with Gasteiger partial charge in [-0.2, -0.15) is 4.89 Å². The summed E-state index contributed by atoms with van der Waals surface area (Å²) in [5, 5.41) is 0. The van der Waals surface area contributed by atoms with Gasteiger partial charge in [-0.25, -0.2) is 9.59 Å². The first-order chi connectivity index (χ1) is 10.5. The number of hydrogen-bond acceptors (Lipinski definition) is 5. The van der Waals surface area contributed by atoms with Crippen molar-refractivity contribution in [3.63, 3.8) is 0 Å². The topological polar surface area (TPSA) is 61.8 Å². The predicted molar refractivity (Wildman–Crippen MR) is 81.7 cm³/mol. The van der Waals surface area contributed by atoms with E-state index in [0.29, 0.717) is 0 Å². The highest BCUT2D eigenvalue weighted by atomic mass is 17.2. The second kappa shape index (κ2) is 9.20. The summed E-state index contributed by atoms with van der Waals surface area (Å²) in [6.45, 7) is 5.79. The van der Waals surface area contributed by atoms with Crippen LogP contribution < -0.4 is 0 Å².